The van der Waals surface area contributed by atoms with Crippen molar-refractivity contribution < 1.29 is 83.8 Å². The van der Waals surface area contributed by atoms with E-state index in [0.29, 0.717) is 136 Å². The molecule has 33 heteroatoms. The molecule has 2 N–H and O–H groups in total. The molecular weight excluding hydrogens is 1370 g/mol. The SMILES string of the molecule is COc1cc(C(=O)N2CCC3(CC2)c2ccc(C(F)(F)F)n2CCN3C)ccc1OC(C)(C)C.Cc1cc(C(F)F)n2ncc(C(=O)N3CCC4(CC3)NCC(C)(C)n3c(C(F)(F)F)ccc34)c2n1.Cc1cc(C(F)F)n2ncc(C(=O)N3CCC4(CC3)NCCn3c(C(F)(F)F)ccc34)c2n1.[HH].[HH]. The highest BCUT2D eigenvalue weighted by atomic mass is 19.4. The quantitative estimate of drug-likeness (QED) is 0.144. The topological polar surface area (TPSA) is 182 Å². The predicted molar refractivity (Wildman–Crippen MR) is 350 cm³/mol. The number of methoxy groups -OCH3 is 1. The second-order valence-corrected chi connectivity index (χ2v) is 28.4. The number of likely N-dealkylation sites (tertiary alicyclic amines) is 3. The van der Waals surface area contributed by atoms with Gasteiger partial charge in [-0.2, -0.15) is 49.7 Å². The lowest BCUT2D eigenvalue weighted by Crippen LogP contribution is -2.61. The molecular formula is C69H82F13N15O5. The summed E-state index contributed by atoms with van der Waals surface area (Å²) in [6.45, 7) is 16.3. The molecule has 0 unspecified atom stereocenters. The number of fused-ring (bicyclic) bond motifs is 8. The minimum Gasteiger partial charge on any atom is -0.493 e. The molecule has 20 nitrogen and oxygen atoms in total. The van der Waals surface area contributed by atoms with Gasteiger partial charge in [0.1, 0.15) is 45.2 Å². The van der Waals surface area contributed by atoms with Crippen LogP contribution in [0, 0.1) is 13.8 Å². The predicted octanol–water partition coefficient (Wildman–Crippen LogP) is 13.1. The summed E-state index contributed by atoms with van der Waals surface area (Å²) in [5.41, 5.74) is -2.32. The molecule has 102 heavy (non-hydrogen) atoms. The van der Waals surface area contributed by atoms with Crippen LogP contribution >= 0.6 is 0 Å². The Hall–Kier alpha value is -8.72. The molecule has 3 fully saturated rings. The fraction of sp³-hybridized carbons (Fsp3) is 0.522. The number of amides is 3. The standard InChI is InChI=1S/C25H32F3N3O3.C23H25F5N6O.C21H21F5N6O.2H2/c1-23(2,3)34-18-7-6-17(16-19(18)33-5)22(32)30-12-10-24(11-13-30)20-8-9-21(25(26,27)28)31(20)15-14-29(24)4;1-13-10-15(18(24)25)34-19(31-13)14(11-30-34)20(35)32-8-6-22(7-9-32)16-4-5-17(23(26,27)28)33(16)21(2,3)12-29-22;1-12-10-14(17(22)23)32-18(29-12)13(11-28-32)19(33)30-7-4-20(5-8-30)15-2-3-16(21(24,25)26)31(15)9-6-27-20;;/h6-9,16H,10-15H2,1-5H3;4-5,10-11,18,29H,6-9,12H2,1-3H3;2-3,10-11,17,27H,4-9H2,1H3;2*1H. The van der Waals surface area contributed by atoms with E-state index in [1.54, 1.807) is 66.7 Å². The van der Waals surface area contributed by atoms with Crippen molar-refractivity contribution in [1.82, 2.24) is 73.1 Å². The minimum absolute atomic E-state index is 0. The summed E-state index contributed by atoms with van der Waals surface area (Å²) in [5, 5.41) is 14.7. The Labute approximate surface area is 580 Å². The summed E-state index contributed by atoms with van der Waals surface area (Å²) < 4.78 is 193. The van der Waals surface area contributed by atoms with Gasteiger partial charge in [0.2, 0.25) is 0 Å². The van der Waals surface area contributed by atoms with Gasteiger partial charge in [0.05, 0.1) is 41.7 Å². The monoisotopic (exact) mass is 1450 g/mol. The Morgan fingerprint density at radius 1 is 0.539 bits per heavy atom. The number of nitrogens with zero attached hydrogens (tertiary/aromatic N) is 13. The van der Waals surface area contributed by atoms with Crippen LogP contribution in [0.15, 0.2) is 79.1 Å². The molecule has 3 saturated heterocycles. The summed E-state index contributed by atoms with van der Waals surface area (Å²) in [6.07, 6.45) is -13.6. The van der Waals surface area contributed by atoms with Crippen molar-refractivity contribution in [2.45, 2.75) is 159 Å². The first-order chi connectivity index (χ1) is 47.8. The van der Waals surface area contributed by atoms with E-state index in [0.717, 1.165) is 21.2 Å². The van der Waals surface area contributed by atoms with Crippen molar-refractivity contribution in [3.8, 4) is 11.5 Å². The highest BCUT2D eigenvalue weighted by molar-refractivity contribution is 6.00. The van der Waals surface area contributed by atoms with Gasteiger partial charge in [-0.25, -0.2) is 36.6 Å². The number of carbonyl (C=O) groups is 3. The summed E-state index contributed by atoms with van der Waals surface area (Å²) >= 11 is 0. The van der Waals surface area contributed by atoms with E-state index in [-0.39, 0.29) is 68.1 Å². The molecule has 0 saturated carbocycles. The maximum Gasteiger partial charge on any atom is 0.431 e. The number of hydrogen-bond donors (Lipinski definition) is 2. The zero-order chi connectivity index (χ0) is 73.8. The molecule has 554 valence electrons. The number of likely N-dealkylation sites (N-methyl/N-ethyl adjacent to an activating group) is 1. The molecule has 3 spiro atoms. The van der Waals surface area contributed by atoms with Gasteiger partial charge in [-0.3, -0.25) is 19.3 Å². The zero-order valence-electron chi connectivity index (χ0n) is 57.4. The first-order valence-electron chi connectivity index (χ1n) is 33.4. The molecule has 0 aliphatic carbocycles. The number of nitrogens with one attached hydrogen (secondary N) is 2. The number of aromatic nitrogens is 9. The Bertz CT molecular complexity index is 4490. The van der Waals surface area contributed by atoms with Crippen LogP contribution in [0.3, 0.4) is 0 Å². The molecule has 0 radical (unpaired) electrons. The third kappa shape index (κ3) is 13.4. The van der Waals surface area contributed by atoms with E-state index in [9.17, 15) is 71.5 Å². The van der Waals surface area contributed by atoms with E-state index >= 15 is 0 Å². The maximum atomic E-state index is 13.7. The highest BCUT2D eigenvalue weighted by Crippen LogP contribution is 2.48. The van der Waals surface area contributed by atoms with Crippen molar-refractivity contribution in [3.05, 3.63) is 153 Å². The first-order valence-corrected chi connectivity index (χ1v) is 33.4. The zero-order valence-corrected chi connectivity index (χ0v) is 57.4. The Morgan fingerprint density at radius 2 is 0.990 bits per heavy atom. The number of alkyl halides is 13. The molecule has 6 aliphatic heterocycles. The molecule has 7 aromatic heterocycles. The molecule has 3 amide bonds. The lowest BCUT2D eigenvalue weighted by atomic mass is 9.80. The number of piperidine rings is 3. The van der Waals surface area contributed by atoms with Crippen LogP contribution in [0.1, 0.15) is 177 Å². The van der Waals surface area contributed by atoms with Gasteiger partial charge < -0.3 is 48.5 Å². The number of ether oxygens (including phenoxy) is 2. The van der Waals surface area contributed by atoms with Crippen molar-refractivity contribution in [2.24, 2.45) is 0 Å². The summed E-state index contributed by atoms with van der Waals surface area (Å²) in [4.78, 5) is 55.3. The van der Waals surface area contributed by atoms with Crippen LogP contribution < -0.4 is 20.1 Å². The van der Waals surface area contributed by atoms with Gasteiger partial charge in [-0.15, -0.1) is 0 Å². The second kappa shape index (κ2) is 26.5. The van der Waals surface area contributed by atoms with Gasteiger partial charge in [0.15, 0.2) is 22.8 Å². The molecule has 13 heterocycles. The second-order valence-electron chi connectivity index (χ2n) is 28.4. The number of benzene rings is 1. The largest absolute Gasteiger partial charge is 0.493 e. The Balaban J connectivity index is 0.000000166. The van der Waals surface area contributed by atoms with Crippen molar-refractivity contribution in [1.29, 1.82) is 0 Å². The van der Waals surface area contributed by atoms with Crippen molar-refractivity contribution >= 4 is 29.0 Å². The van der Waals surface area contributed by atoms with Crippen molar-refractivity contribution in [2.75, 3.05) is 73.1 Å². The fourth-order valence-electron chi connectivity index (χ4n) is 15.5. The normalized spacial score (nSPS) is 18.8. The van der Waals surface area contributed by atoms with E-state index in [1.807, 2.05) is 27.8 Å². The number of rotatable bonds is 7. The van der Waals surface area contributed by atoms with Gasteiger partial charge >= 0.3 is 18.5 Å². The smallest absolute Gasteiger partial charge is 0.431 e. The fourth-order valence-corrected chi connectivity index (χ4v) is 15.5. The van der Waals surface area contributed by atoms with Gasteiger partial charge in [0.25, 0.3) is 30.6 Å². The van der Waals surface area contributed by atoms with Gasteiger partial charge in [-0.05, 0) is 161 Å². The van der Waals surface area contributed by atoms with Crippen LogP contribution in [0.2, 0.25) is 0 Å². The molecule has 0 atom stereocenters. The molecule has 14 rings (SSSR count). The maximum absolute atomic E-state index is 13.7. The molecule has 1 aromatic carbocycles. The third-order valence-corrected chi connectivity index (χ3v) is 20.5. The first kappa shape index (κ1) is 73.0. The summed E-state index contributed by atoms with van der Waals surface area (Å²) in [6, 6.07) is 15.7. The number of halogens is 13. The Morgan fingerprint density at radius 3 is 1.47 bits per heavy atom. The van der Waals surface area contributed by atoms with E-state index in [4.69, 9.17) is 9.47 Å². The minimum atomic E-state index is -4.48. The average molecular weight is 1450 g/mol. The molecule has 8 aromatic rings. The van der Waals surface area contributed by atoms with E-state index in [1.165, 1.54) is 63.5 Å². The van der Waals surface area contributed by atoms with Crippen LogP contribution in [0.4, 0.5) is 57.1 Å². The van der Waals surface area contributed by atoms with Crippen LogP contribution in [-0.2, 0) is 53.8 Å². The van der Waals surface area contributed by atoms with E-state index < -0.39 is 82.1 Å². The van der Waals surface area contributed by atoms with Gasteiger partial charge in [-0.1, -0.05) is 0 Å². The lowest BCUT2D eigenvalue weighted by molar-refractivity contribution is -0.146. The Kier molecular flexibility index (Phi) is 19.0. The van der Waals surface area contributed by atoms with Crippen molar-refractivity contribution in [3.63, 3.8) is 0 Å². The molecule has 6 aliphatic rings. The van der Waals surface area contributed by atoms with Crippen LogP contribution in [0.5, 0.6) is 11.5 Å². The summed E-state index contributed by atoms with van der Waals surface area (Å²) in [7, 11) is 3.49. The molecule has 0 bridgehead atoms. The third-order valence-electron chi connectivity index (χ3n) is 20.5. The summed E-state index contributed by atoms with van der Waals surface area (Å²) in [5.74, 6) is 0.143. The van der Waals surface area contributed by atoms with Crippen LogP contribution in [0.25, 0.3) is 11.3 Å². The average Bonchev–Trinajstić information content (AvgIpc) is 1.52. The van der Waals surface area contributed by atoms with Crippen LogP contribution in [-0.4, -0.2) is 159 Å². The number of carbonyl (C=O) groups excluding carboxylic acids is 3. The number of hydrogen-bond acceptors (Lipinski definition) is 12. The number of aryl methyl sites for hydroxylation is 2. The van der Waals surface area contributed by atoms with E-state index in [2.05, 4.69) is 35.7 Å². The lowest BCUT2D eigenvalue weighted by Gasteiger charge is -2.50. The highest BCUT2D eigenvalue weighted by Gasteiger charge is 2.52. The van der Waals surface area contributed by atoms with Gasteiger partial charge in [0, 0.05) is 109 Å².